The number of aromatic nitrogens is 4. The van der Waals surface area contributed by atoms with Crippen molar-refractivity contribution in [2.75, 3.05) is 57.5 Å². The molecule has 10 heteroatoms. The fourth-order valence-corrected chi connectivity index (χ4v) is 3.62. The van der Waals surface area contributed by atoms with E-state index in [1.165, 1.54) is 0 Å². The van der Waals surface area contributed by atoms with E-state index in [-0.39, 0.29) is 17.5 Å². The number of nitrogens with zero attached hydrogens (tertiary/aromatic N) is 6. The molecular weight excluding hydrogens is 408 g/mol. The van der Waals surface area contributed by atoms with Crippen molar-refractivity contribution >= 4 is 17.5 Å². The molecule has 0 spiro atoms. The van der Waals surface area contributed by atoms with Crippen LogP contribution >= 0.6 is 0 Å². The Labute approximate surface area is 187 Å². The SMILES string of the molecule is CNc1cncc(-c2c[nH]c(=O)c(N(CC3CC3)C3CN(C(=O)/C=C/CN(C)C)C3)n2)n1. The van der Waals surface area contributed by atoms with E-state index >= 15 is 0 Å². The third-order valence-corrected chi connectivity index (χ3v) is 5.69. The molecule has 2 aromatic heterocycles. The third kappa shape index (κ3) is 5.13. The second-order valence-electron chi connectivity index (χ2n) is 8.64. The standard InChI is InChI=1S/C22H30N8O2/c1-23-19-11-24-9-17(26-19)18-10-25-22(32)21(27-18)30(12-15-6-7-15)16-13-29(14-16)20(31)5-4-8-28(2)3/h4-5,9-11,15-16H,6-8,12-14H2,1-3H3,(H,23,26)(H,25,32)/b5-4+. The Morgan fingerprint density at radius 2 is 2.03 bits per heavy atom. The lowest BCUT2D eigenvalue weighted by Gasteiger charge is -2.45. The van der Waals surface area contributed by atoms with Crippen molar-refractivity contribution in [2.24, 2.45) is 5.92 Å². The highest BCUT2D eigenvalue weighted by atomic mass is 16.2. The van der Waals surface area contributed by atoms with Crippen LogP contribution in [0.15, 0.2) is 35.5 Å². The van der Waals surface area contributed by atoms with Crippen LogP contribution < -0.4 is 15.8 Å². The van der Waals surface area contributed by atoms with E-state index in [4.69, 9.17) is 0 Å². The normalized spacial score (nSPS) is 16.4. The van der Waals surface area contributed by atoms with Gasteiger partial charge in [0.1, 0.15) is 17.2 Å². The number of aromatic amines is 1. The molecular formula is C22H30N8O2. The van der Waals surface area contributed by atoms with E-state index in [9.17, 15) is 9.59 Å². The summed E-state index contributed by atoms with van der Waals surface area (Å²) in [5.41, 5.74) is 0.906. The Balaban J connectivity index is 1.52. The number of anilines is 2. The van der Waals surface area contributed by atoms with Gasteiger partial charge >= 0.3 is 0 Å². The van der Waals surface area contributed by atoms with Gasteiger partial charge in [0.05, 0.1) is 18.4 Å². The molecule has 32 heavy (non-hydrogen) atoms. The van der Waals surface area contributed by atoms with Gasteiger partial charge in [-0.05, 0) is 32.9 Å². The molecule has 2 aromatic rings. The Bertz CT molecular complexity index is 1040. The first-order chi connectivity index (χ1) is 15.4. The van der Waals surface area contributed by atoms with Crippen LogP contribution in [-0.2, 0) is 4.79 Å². The molecule has 170 valence electrons. The maximum absolute atomic E-state index is 12.7. The zero-order valence-corrected chi connectivity index (χ0v) is 18.8. The number of H-pyrrole nitrogens is 1. The minimum atomic E-state index is -0.234. The Morgan fingerprint density at radius 1 is 1.25 bits per heavy atom. The molecule has 1 amide bonds. The van der Waals surface area contributed by atoms with Gasteiger partial charge < -0.3 is 25.0 Å². The van der Waals surface area contributed by atoms with E-state index in [2.05, 4.69) is 30.2 Å². The lowest BCUT2D eigenvalue weighted by molar-refractivity contribution is -0.130. The van der Waals surface area contributed by atoms with Crippen molar-refractivity contribution in [2.45, 2.75) is 18.9 Å². The largest absolute Gasteiger partial charge is 0.372 e. The smallest absolute Gasteiger partial charge is 0.290 e. The van der Waals surface area contributed by atoms with Gasteiger partial charge in [-0.15, -0.1) is 0 Å². The Hall–Kier alpha value is -3.27. The lowest BCUT2D eigenvalue weighted by atomic mass is 10.1. The first kappa shape index (κ1) is 21.9. The summed E-state index contributed by atoms with van der Waals surface area (Å²) >= 11 is 0. The zero-order valence-electron chi connectivity index (χ0n) is 18.8. The van der Waals surface area contributed by atoms with Crippen molar-refractivity contribution in [1.82, 2.24) is 29.7 Å². The lowest BCUT2D eigenvalue weighted by Crippen LogP contribution is -2.62. The van der Waals surface area contributed by atoms with Crippen LogP contribution in [0.5, 0.6) is 0 Å². The molecule has 1 aliphatic heterocycles. The molecule has 2 fully saturated rings. The summed E-state index contributed by atoms with van der Waals surface area (Å²) in [6.45, 7) is 2.65. The number of carbonyl (C=O) groups excluding carboxylic acids is 1. The number of amides is 1. The average Bonchev–Trinajstić information content (AvgIpc) is 3.56. The van der Waals surface area contributed by atoms with Crippen LogP contribution in [0.25, 0.3) is 11.4 Å². The Kier molecular flexibility index (Phi) is 6.50. The summed E-state index contributed by atoms with van der Waals surface area (Å²) in [5.74, 6) is 1.58. The van der Waals surface area contributed by atoms with E-state index in [0.717, 1.165) is 25.9 Å². The predicted molar refractivity (Wildman–Crippen MR) is 124 cm³/mol. The van der Waals surface area contributed by atoms with E-state index in [0.29, 0.717) is 42.0 Å². The fourth-order valence-electron chi connectivity index (χ4n) is 3.62. The molecule has 0 aromatic carbocycles. The van der Waals surface area contributed by atoms with Crippen molar-refractivity contribution in [3.63, 3.8) is 0 Å². The molecule has 0 atom stereocenters. The van der Waals surface area contributed by atoms with E-state index in [1.807, 2.05) is 25.1 Å². The summed E-state index contributed by atoms with van der Waals surface area (Å²) in [5, 5.41) is 2.96. The van der Waals surface area contributed by atoms with Crippen molar-refractivity contribution in [1.29, 1.82) is 0 Å². The molecule has 2 N–H and O–H groups in total. The summed E-state index contributed by atoms with van der Waals surface area (Å²) in [4.78, 5) is 47.2. The van der Waals surface area contributed by atoms with Crippen LogP contribution in [0.1, 0.15) is 12.8 Å². The molecule has 0 unspecified atom stereocenters. The van der Waals surface area contributed by atoms with Gasteiger partial charge in [0.15, 0.2) is 5.82 Å². The second-order valence-corrected chi connectivity index (χ2v) is 8.64. The maximum Gasteiger partial charge on any atom is 0.290 e. The summed E-state index contributed by atoms with van der Waals surface area (Å²) in [6.07, 6.45) is 10.6. The molecule has 10 nitrogen and oxygen atoms in total. The highest BCUT2D eigenvalue weighted by molar-refractivity contribution is 5.88. The number of hydrogen-bond donors (Lipinski definition) is 2. The number of rotatable bonds is 9. The number of carbonyl (C=O) groups is 1. The highest BCUT2D eigenvalue weighted by Crippen LogP contribution is 2.33. The number of likely N-dealkylation sites (N-methyl/N-ethyl adjacent to an activating group) is 1. The van der Waals surface area contributed by atoms with Gasteiger partial charge in [-0.25, -0.2) is 9.97 Å². The van der Waals surface area contributed by atoms with Gasteiger partial charge in [-0.3, -0.25) is 14.6 Å². The second kappa shape index (κ2) is 9.47. The molecule has 0 radical (unpaired) electrons. The molecule has 4 rings (SSSR count). The van der Waals surface area contributed by atoms with Gasteiger partial charge in [0, 0.05) is 45.5 Å². The van der Waals surface area contributed by atoms with Gasteiger partial charge in [0.2, 0.25) is 5.91 Å². The summed E-state index contributed by atoms with van der Waals surface area (Å²) in [7, 11) is 5.70. The molecule has 1 saturated carbocycles. The van der Waals surface area contributed by atoms with Crippen molar-refractivity contribution < 1.29 is 4.79 Å². The topological polar surface area (TPSA) is 110 Å². The van der Waals surface area contributed by atoms with E-state index < -0.39 is 0 Å². The first-order valence-corrected chi connectivity index (χ1v) is 10.9. The molecule has 0 bridgehead atoms. The minimum Gasteiger partial charge on any atom is -0.372 e. The minimum absolute atomic E-state index is 0.00393. The van der Waals surface area contributed by atoms with Crippen molar-refractivity contribution in [3.8, 4) is 11.4 Å². The molecule has 2 aliphatic rings. The fraction of sp³-hybridized carbons (Fsp3) is 0.500. The van der Waals surface area contributed by atoms with Crippen LogP contribution in [-0.4, -0.2) is 89.0 Å². The average molecular weight is 439 g/mol. The number of hydrogen-bond acceptors (Lipinski definition) is 8. The summed E-state index contributed by atoms with van der Waals surface area (Å²) in [6, 6.07) is 0.0698. The van der Waals surface area contributed by atoms with Crippen LogP contribution in [0.3, 0.4) is 0 Å². The van der Waals surface area contributed by atoms with Crippen molar-refractivity contribution in [3.05, 3.63) is 41.1 Å². The number of likely N-dealkylation sites (tertiary alicyclic amines) is 1. The van der Waals surface area contributed by atoms with Crippen LogP contribution in [0.2, 0.25) is 0 Å². The predicted octanol–water partition coefficient (Wildman–Crippen LogP) is 0.814. The van der Waals surface area contributed by atoms with Gasteiger partial charge in [-0.2, -0.15) is 0 Å². The first-order valence-electron chi connectivity index (χ1n) is 10.9. The van der Waals surface area contributed by atoms with Gasteiger partial charge in [-0.1, -0.05) is 6.08 Å². The quantitative estimate of drug-likeness (QED) is 0.554. The monoisotopic (exact) mass is 438 g/mol. The van der Waals surface area contributed by atoms with Crippen LogP contribution in [0, 0.1) is 5.92 Å². The Morgan fingerprint density at radius 3 is 2.72 bits per heavy atom. The zero-order chi connectivity index (χ0) is 22.7. The van der Waals surface area contributed by atoms with Crippen LogP contribution in [0.4, 0.5) is 11.6 Å². The highest BCUT2D eigenvalue weighted by Gasteiger charge is 2.38. The maximum atomic E-state index is 12.7. The molecule has 1 saturated heterocycles. The molecule has 3 heterocycles. The van der Waals surface area contributed by atoms with Gasteiger partial charge in [0.25, 0.3) is 5.56 Å². The third-order valence-electron chi connectivity index (χ3n) is 5.69. The van der Waals surface area contributed by atoms with E-state index in [1.54, 1.807) is 36.6 Å². The summed E-state index contributed by atoms with van der Waals surface area (Å²) < 4.78 is 0. The molecule has 1 aliphatic carbocycles. The number of nitrogens with one attached hydrogen (secondary N) is 2.